The number of rotatable bonds is 5. The number of ether oxygens (including phenoxy) is 1. The van der Waals surface area contributed by atoms with Gasteiger partial charge in [0.25, 0.3) is 0 Å². The predicted molar refractivity (Wildman–Crippen MR) is 110 cm³/mol. The van der Waals surface area contributed by atoms with E-state index in [-0.39, 0.29) is 18.6 Å². The largest absolute Gasteiger partial charge is 0.461 e. The lowest BCUT2D eigenvalue weighted by Gasteiger charge is -2.21. The van der Waals surface area contributed by atoms with E-state index in [4.69, 9.17) is 4.74 Å². The van der Waals surface area contributed by atoms with Crippen LogP contribution >= 0.6 is 0 Å². The Labute approximate surface area is 161 Å². The van der Waals surface area contributed by atoms with Gasteiger partial charge in [0.05, 0.1) is 5.71 Å². The average Bonchev–Trinajstić information content (AvgIpc) is 2.69. The molecular formula is C24H27NO2. The molecule has 1 atom stereocenters. The van der Waals surface area contributed by atoms with E-state index in [1.165, 1.54) is 5.57 Å². The van der Waals surface area contributed by atoms with Crippen LogP contribution in [0.5, 0.6) is 0 Å². The monoisotopic (exact) mass is 361 g/mol. The molecule has 0 aliphatic heterocycles. The molecule has 3 nitrogen and oxygen atoms in total. The van der Waals surface area contributed by atoms with Crippen LogP contribution < -0.4 is 0 Å². The van der Waals surface area contributed by atoms with Crippen LogP contribution in [0, 0.1) is 0 Å². The third-order valence-electron chi connectivity index (χ3n) is 4.89. The van der Waals surface area contributed by atoms with Crippen LogP contribution in [0.15, 0.2) is 77.8 Å². The fourth-order valence-corrected chi connectivity index (χ4v) is 3.41. The van der Waals surface area contributed by atoms with Crippen molar-refractivity contribution in [1.82, 2.24) is 0 Å². The van der Waals surface area contributed by atoms with Crippen molar-refractivity contribution in [1.29, 1.82) is 0 Å². The standard InChI is InChI=1S/C24H27NO2/c1-19-10-8-9-15-22(17-16-19)27-23(26)18-25-24(20-11-4-2-5-12-20)21-13-6-3-7-14-21/h2-7,11-14,22H,1,8-10,15-18H2/t22-/m1/s1. The van der Waals surface area contributed by atoms with E-state index in [1.807, 2.05) is 60.7 Å². The van der Waals surface area contributed by atoms with E-state index >= 15 is 0 Å². The quantitative estimate of drug-likeness (QED) is 0.409. The molecule has 3 rings (SSSR count). The van der Waals surface area contributed by atoms with Crippen molar-refractivity contribution in [3.63, 3.8) is 0 Å². The molecule has 0 aromatic heterocycles. The number of aliphatic imine (C=N–C) groups is 1. The fourth-order valence-electron chi connectivity index (χ4n) is 3.41. The van der Waals surface area contributed by atoms with Crippen molar-refractivity contribution in [2.75, 3.05) is 6.54 Å². The first-order valence-electron chi connectivity index (χ1n) is 9.74. The Morgan fingerprint density at radius 1 is 0.926 bits per heavy atom. The van der Waals surface area contributed by atoms with Crippen molar-refractivity contribution in [2.45, 2.75) is 44.6 Å². The molecule has 27 heavy (non-hydrogen) atoms. The van der Waals surface area contributed by atoms with Gasteiger partial charge in [-0.05, 0) is 38.5 Å². The first-order valence-corrected chi connectivity index (χ1v) is 9.74. The van der Waals surface area contributed by atoms with Crippen molar-refractivity contribution < 1.29 is 9.53 Å². The van der Waals surface area contributed by atoms with Gasteiger partial charge in [0, 0.05) is 11.1 Å². The number of hydrogen-bond donors (Lipinski definition) is 0. The molecule has 0 bridgehead atoms. The molecule has 1 saturated carbocycles. The van der Waals surface area contributed by atoms with E-state index in [1.54, 1.807) is 0 Å². The van der Waals surface area contributed by atoms with Gasteiger partial charge in [0.2, 0.25) is 0 Å². The maximum absolute atomic E-state index is 12.4. The van der Waals surface area contributed by atoms with E-state index < -0.39 is 0 Å². The van der Waals surface area contributed by atoms with Crippen LogP contribution in [0.3, 0.4) is 0 Å². The number of esters is 1. The molecular weight excluding hydrogens is 334 g/mol. The summed E-state index contributed by atoms with van der Waals surface area (Å²) in [5.41, 5.74) is 4.08. The highest BCUT2D eigenvalue weighted by molar-refractivity contribution is 6.13. The Bertz CT molecular complexity index is 739. The van der Waals surface area contributed by atoms with Gasteiger partial charge in [-0.1, -0.05) is 72.8 Å². The maximum atomic E-state index is 12.4. The molecule has 3 heteroatoms. The second-order valence-corrected chi connectivity index (χ2v) is 7.04. The second kappa shape index (κ2) is 9.86. The number of allylic oxidation sites excluding steroid dienone is 1. The summed E-state index contributed by atoms with van der Waals surface area (Å²) in [4.78, 5) is 17.0. The van der Waals surface area contributed by atoms with Gasteiger partial charge in [0.1, 0.15) is 12.6 Å². The number of benzene rings is 2. The van der Waals surface area contributed by atoms with Crippen molar-refractivity contribution in [3.8, 4) is 0 Å². The Morgan fingerprint density at radius 2 is 1.56 bits per heavy atom. The van der Waals surface area contributed by atoms with Crippen LogP contribution in [0.25, 0.3) is 0 Å². The third kappa shape index (κ3) is 5.92. The van der Waals surface area contributed by atoms with E-state index in [0.717, 1.165) is 55.4 Å². The molecule has 1 fully saturated rings. The molecule has 0 spiro atoms. The Hall–Kier alpha value is -2.68. The molecule has 140 valence electrons. The van der Waals surface area contributed by atoms with Crippen LogP contribution in [0.2, 0.25) is 0 Å². The topological polar surface area (TPSA) is 38.7 Å². The molecule has 0 unspecified atom stereocenters. The minimum absolute atomic E-state index is 0.0124. The molecule has 0 N–H and O–H groups in total. The fraction of sp³-hybridized carbons (Fsp3) is 0.333. The van der Waals surface area contributed by atoms with Crippen LogP contribution in [-0.2, 0) is 9.53 Å². The highest BCUT2D eigenvalue weighted by Gasteiger charge is 2.17. The minimum Gasteiger partial charge on any atom is -0.461 e. The third-order valence-corrected chi connectivity index (χ3v) is 4.89. The lowest BCUT2D eigenvalue weighted by molar-refractivity contribution is -0.148. The Balaban J connectivity index is 1.68. The van der Waals surface area contributed by atoms with Gasteiger partial charge < -0.3 is 4.74 Å². The van der Waals surface area contributed by atoms with Gasteiger partial charge in [-0.15, -0.1) is 0 Å². The zero-order valence-electron chi connectivity index (χ0n) is 15.8. The Morgan fingerprint density at radius 3 is 2.19 bits per heavy atom. The molecule has 1 aliphatic rings. The summed E-state index contributed by atoms with van der Waals surface area (Å²) < 4.78 is 5.71. The van der Waals surface area contributed by atoms with Gasteiger partial charge in [-0.3, -0.25) is 9.79 Å². The van der Waals surface area contributed by atoms with E-state index in [9.17, 15) is 4.79 Å². The molecule has 1 aliphatic carbocycles. The molecule has 0 heterocycles. The van der Waals surface area contributed by atoms with Gasteiger partial charge >= 0.3 is 5.97 Å². The molecule has 2 aromatic rings. The minimum atomic E-state index is -0.254. The molecule has 0 amide bonds. The molecule has 0 radical (unpaired) electrons. The summed E-state index contributed by atoms with van der Waals surface area (Å²) in [7, 11) is 0. The maximum Gasteiger partial charge on any atom is 0.327 e. The zero-order chi connectivity index (χ0) is 18.9. The number of carbonyl (C=O) groups is 1. The lowest BCUT2D eigenvalue weighted by Crippen LogP contribution is -2.22. The van der Waals surface area contributed by atoms with Crippen molar-refractivity contribution >= 4 is 11.7 Å². The zero-order valence-corrected chi connectivity index (χ0v) is 15.8. The predicted octanol–water partition coefficient (Wildman–Crippen LogP) is 5.35. The summed E-state index contributed by atoms with van der Waals surface area (Å²) in [5, 5.41) is 0. The summed E-state index contributed by atoms with van der Waals surface area (Å²) >= 11 is 0. The van der Waals surface area contributed by atoms with Gasteiger partial charge in [-0.2, -0.15) is 0 Å². The van der Waals surface area contributed by atoms with Crippen LogP contribution in [-0.4, -0.2) is 24.3 Å². The van der Waals surface area contributed by atoms with Crippen molar-refractivity contribution in [2.24, 2.45) is 4.99 Å². The summed E-state index contributed by atoms with van der Waals surface area (Å²) in [6.45, 7) is 4.13. The molecule has 0 saturated heterocycles. The van der Waals surface area contributed by atoms with Crippen LogP contribution in [0.1, 0.15) is 49.7 Å². The number of carbonyl (C=O) groups excluding carboxylic acids is 1. The second-order valence-electron chi connectivity index (χ2n) is 7.04. The summed E-state index contributed by atoms with van der Waals surface area (Å²) in [6.07, 6.45) is 6.06. The SMILES string of the molecule is C=C1CCCC[C@@H](OC(=O)CN=C(c2ccccc2)c2ccccc2)CC1. The normalized spacial score (nSPS) is 17.5. The summed E-state index contributed by atoms with van der Waals surface area (Å²) in [6, 6.07) is 19.9. The van der Waals surface area contributed by atoms with Gasteiger partial charge in [0.15, 0.2) is 0 Å². The molecule has 2 aromatic carbocycles. The van der Waals surface area contributed by atoms with Crippen LogP contribution in [0.4, 0.5) is 0 Å². The van der Waals surface area contributed by atoms with Crippen molar-refractivity contribution in [3.05, 3.63) is 83.9 Å². The van der Waals surface area contributed by atoms with Gasteiger partial charge in [-0.25, -0.2) is 0 Å². The number of hydrogen-bond acceptors (Lipinski definition) is 3. The highest BCUT2D eigenvalue weighted by Crippen LogP contribution is 2.22. The Kier molecular flexibility index (Phi) is 6.97. The average molecular weight is 361 g/mol. The van der Waals surface area contributed by atoms with E-state index in [0.29, 0.717) is 0 Å². The van der Waals surface area contributed by atoms with E-state index in [2.05, 4.69) is 11.6 Å². The summed E-state index contributed by atoms with van der Waals surface area (Å²) in [5.74, 6) is -0.254. The smallest absolute Gasteiger partial charge is 0.327 e. The number of nitrogens with zero attached hydrogens (tertiary/aromatic N) is 1. The highest BCUT2D eigenvalue weighted by atomic mass is 16.5. The first kappa shape index (κ1) is 19.1. The first-order chi connectivity index (χ1) is 13.2. The lowest BCUT2D eigenvalue weighted by atomic mass is 9.95.